The largest absolute Gasteiger partial charge is 0.478 e. The molecule has 0 aromatic heterocycles. The van der Waals surface area contributed by atoms with Gasteiger partial charge in [-0.05, 0) is 38.0 Å². The number of hydrogen-bond donors (Lipinski definition) is 2. The van der Waals surface area contributed by atoms with Crippen molar-refractivity contribution in [3.63, 3.8) is 0 Å². The maximum atomic E-state index is 12.1. The zero-order valence-electron chi connectivity index (χ0n) is 10.6. The first kappa shape index (κ1) is 14.7. The molecule has 0 aliphatic carbocycles. The van der Waals surface area contributed by atoms with E-state index in [0.717, 1.165) is 0 Å². The van der Waals surface area contributed by atoms with Crippen molar-refractivity contribution in [1.29, 1.82) is 0 Å². The van der Waals surface area contributed by atoms with Crippen LogP contribution in [-0.4, -0.2) is 25.5 Å². The molecule has 1 aromatic carbocycles. The first-order valence-corrected chi connectivity index (χ1v) is 7.14. The molecule has 1 rings (SSSR count). The molecular formula is C12H17NO4S. The standard InChI is InChI=1S/C12H17NO4S/c1-4-9-5-6-10(12(14)15)7-11(9)18(16,17)13-8(2)3/h5-8,13H,4H2,1-3H3,(H,14,15). The average Bonchev–Trinajstić information content (AvgIpc) is 2.26. The summed E-state index contributed by atoms with van der Waals surface area (Å²) in [4.78, 5) is 10.9. The quantitative estimate of drug-likeness (QED) is 0.852. The van der Waals surface area contributed by atoms with E-state index in [9.17, 15) is 13.2 Å². The number of benzene rings is 1. The van der Waals surface area contributed by atoms with Crippen molar-refractivity contribution in [3.05, 3.63) is 29.3 Å². The molecular weight excluding hydrogens is 254 g/mol. The summed E-state index contributed by atoms with van der Waals surface area (Å²) in [6.45, 7) is 5.25. The van der Waals surface area contributed by atoms with Gasteiger partial charge in [0.15, 0.2) is 0 Å². The Balaban J connectivity index is 3.36. The fraction of sp³-hybridized carbons (Fsp3) is 0.417. The first-order valence-electron chi connectivity index (χ1n) is 5.66. The Morgan fingerprint density at radius 1 is 1.39 bits per heavy atom. The number of nitrogens with one attached hydrogen (secondary N) is 1. The van der Waals surface area contributed by atoms with Gasteiger partial charge < -0.3 is 5.11 Å². The number of aryl methyl sites for hydroxylation is 1. The second-order valence-electron chi connectivity index (χ2n) is 4.26. The molecule has 0 amide bonds. The highest BCUT2D eigenvalue weighted by molar-refractivity contribution is 7.89. The van der Waals surface area contributed by atoms with Crippen LogP contribution in [0.5, 0.6) is 0 Å². The molecule has 0 unspecified atom stereocenters. The lowest BCUT2D eigenvalue weighted by molar-refractivity contribution is 0.0696. The van der Waals surface area contributed by atoms with Gasteiger partial charge in [0, 0.05) is 6.04 Å². The van der Waals surface area contributed by atoms with Crippen LogP contribution in [0.1, 0.15) is 36.7 Å². The van der Waals surface area contributed by atoms with E-state index in [1.807, 2.05) is 6.92 Å². The molecule has 0 aliphatic heterocycles. The number of rotatable bonds is 5. The van der Waals surface area contributed by atoms with Gasteiger partial charge in [-0.15, -0.1) is 0 Å². The molecule has 5 nitrogen and oxygen atoms in total. The Morgan fingerprint density at radius 3 is 2.44 bits per heavy atom. The van der Waals surface area contributed by atoms with Gasteiger partial charge in [-0.25, -0.2) is 17.9 Å². The minimum atomic E-state index is -3.67. The zero-order chi connectivity index (χ0) is 13.9. The second-order valence-corrected chi connectivity index (χ2v) is 5.94. The van der Waals surface area contributed by atoms with Crippen LogP contribution in [0.4, 0.5) is 0 Å². The number of carboxylic acids is 1. The minimum Gasteiger partial charge on any atom is -0.478 e. The first-order chi connectivity index (χ1) is 8.27. The van der Waals surface area contributed by atoms with Crippen molar-refractivity contribution in [2.75, 3.05) is 0 Å². The van der Waals surface area contributed by atoms with Gasteiger partial charge in [-0.2, -0.15) is 0 Å². The lowest BCUT2D eigenvalue weighted by atomic mass is 10.1. The highest BCUT2D eigenvalue weighted by Gasteiger charge is 2.20. The lowest BCUT2D eigenvalue weighted by Crippen LogP contribution is -2.31. The fourth-order valence-electron chi connectivity index (χ4n) is 1.60. The average molecular weight is 271 g/mol. The SMILES string of the molecule is CCc1ccc(C(=O)O)cc1S(=O)(=O)NC(C)C. The highest BCUT2D eigenvalue weighted by Crippen LogP contribution is 2.19. The van der Waals surface area contributed by atoms with Crippen molar-refractivity contribution >= 4 is 16.0 Å². The van der Waals surface area contributed by atoms with Gasteiger partial charge >= 0.3 is 5.97 Å². The van der Waals surface area contributed by atoms with Gasteiger partial charge in [-0.1, -0.05) is 13.0 Å². The molecule has 0 saturated heterocycles. The van der Waals surface area contributed by atoms with Gasteiger partial charge in [0.25, 0.3) is 0 Å². The number of aromatic carboxylic acids is 1. The van der Waals surface area contributed by atoms with E-state index in [2.05, 4.69) is 4.72 Å². The third-order valence-corrected chi connectivity index (χ3v) is 4.12. The molecule has 0 radical (unpaired) electrons. The molecule has 0 spiro atoms. The molecule has 0 saturated carbocycles. The normalized spacial score (nSPS) is 11.8. The molecule has 0 atom stereocenters. The molecule has 6 heteroatoms. The highest BCUT2D eigenvalue weighted by atomic mass is 32.2. The second kappa shape index (κ2) is 5.49. The van der Waals surface area contributed by atoms with E-state index < -0.39 is 16.0 Å². The maximum absolute atomic E-state index is 12.1. The van der Waals surface area contributed by atoms with E-state index in [0.29, 0.717) is 12.0 Å². The number of hydrogen-bond acceptors (Lipinski definition) is 3. The Kier molecular flexibility index (Phi) is 4.48. The van der Waals surface area contributed by atoms with Crippen LogP contribution < -0.4 is 4.72 Å². The predicted molar refractivity (Wildman–Crippen MR) is 68.2 cm³/mol. The van der Waals surface area contributed by atoms with E-state index >= 15 is 0 Å². The van der Waals surface area contributed by atoms with Crippen LogP contribution in [-0.2, 0) is 16.4 Å². The van der Waals surface area contributed by atoms with E-state index in [4.69, 9.17) is 5.11 Å². The van der Waals surface area contributed by atoms with Gasteiger partial charge in [0.2, 0.25) is 10.0 Å². The van der Waals surface area contributed by atoms with Gasteiger partial charge in [-0.3, -0.25) is 0 Å². The summed E-state index contributed by atoms with van der Waals surface area (Å²) < 4.78 is 26.6. The molecule has 2 N–H and O–H groups in total. The molecule has 18 heavy (non-hydrogen) atoms. The molecule has 0 bridgehead atoms. The third-order valence-electron chi connectivity index (χ3n) is 2.38. The van der Waals surface area contributed by atoms with Crippen LogP contribution in [0.15, 0.2) is 23.1 Å². The van der Waals surface area contributed by atoms with Crippen molar-refractivity contribution in [2.45, 2.75) is 38.1 Å². The predicted octanol–water partition coefficient (Wildman–Crippen LogP) is 1.63. The van der Waals surface area contributed by atoms with Crippen LogP contribution in [0, 0.1) is 0 Å². The maximum Gasteiger partial charge on any atom is 0.335 e. The molecule has 1 aromatic rings. The zero-order valence-corrected chi connectivity index (χ0v) is 11.4. The summed E-state index contributed by atoms with van der Waals surface area (Å²) in [5.41, 5.74) is 0.574. The van der Waals surface area contributed by atoms with Crippen molar-refractivity contribution in [3.8, 4) is 0 Å². The smallest absolute Gasteiger partial charge is 0.335 e. The van der Waals surface area contributed by atoms with Crippen LogP contribution in [0.2, 0.25) is 0 Å². The summed E-state index contributed by atoms with van der Waals surface area (Å²) in [6.07, 6.45) is 0.522. The Morgan fingerprint density at radius 2 is 2.00 bits per heavy atom. The summed E-state index contributed by atoms with van der Waals surface area (Å²) in [7, 11) is -3.67. The number of carbonyl (C=O) groups is 1. The van der Waals surface area contributed by atoms with Gasteiger partial charge in [0.05, 0.1) is 10.5 Å². The Labute approximate surface area is 107 Å². The van der Waals surface area contributed by atoms with E-state index in [1.165, 1.54) is 12.1 Å². The summed E-state index contributed by atoms with van der Waals surface area (Å²) in [6, 6.07) is 3.91. The Bertz CT molecular complexity index is 549. The van der Waals surface area contributed by atoms with Crippen molar-refractivity contribution in [2.24, 2.45) is 0 Å². The van der Waals surface area contributed by atoms with Gasteiger partial charge in [0.1, 0.15) is 0 Å². The summed E-state index contributed by atoms with van der Waals surface area (Å²) in [5.74, 6) is -1.14. The summed E-state index contributed by atoms with van der Waals surface area (Å²) >= 11 is 0. The summed E-state index contributed by atoms with van der Waals surface area (Å²) in [5, 5.41) is 8.91. The fourth-order valence-corrected chi connectivity index (χ4v) is 3.19. The van der Waals surface area contributed by atoms with Crippen LogP contribution in [0.3, 0.4) is 0 Å². The minimum absolute atomic E-state index is 0.0312. The third kappa shape index (κ3) is 3.30. The molecule has 0 aliphatic rings. The van der Waals surface area contributed by atoms with E-state index in [-0.39, 0.29) is 16.5 Å². The number of sulfonamides is 1. The monoisotopic (exact) mass is 271 g/mol. The lowest BCUT2D eigenvalue weighted by Gasteiger charge is -2.13. The Hall–Kier alpha value is -1.40. The van der Waals surface area contributed by atoms with Crippen molar-refractivity contribution < 1.29 is 18.3 Å². The molecule has 0 heterocycles. The molecule has 0 fully saturated rings. The van der Waals surface area contributed by atoms with Crippen LogP contribution >= 0.6 is 0 Å². The molecule has 100 valence electrons. The topological polar surface area (TPSA) is 83.5 Å². The van der Waals surface area contributed by atoms with Crippen molar-refractivity contribution in [1.82, 2.24) is 4.72 Å². The van der Waals surface area contributed by atoms with E-state index in [1.54, 1.807) is 19.9 Å². The number of carboxylic acid groups (broad SMARTS) is 1. The van der Waals surface area contributed by atoms with Crippen LogP contribution in [0.25, 0.3) is 0 Å².